The van der Waals surface area contributed by atoms with Crippen LogP contribution in [0.5, 0.6) is 0 Å². The van der Waals surface area contributed by atoms with Crippen LogP contribution in [0, 0.1) is 0 Å². The summed E-state index contributed by atoms with van der Waals surface area (Å²) in [7, 11) is -1.90. The van der Waals surface area contributed by atoms with Gasteiger partial charge < -0.3 is 4.90 Å². The minimum Gasteiger partial charge on any atom is -0.310 e. The molecule has 1 unspecified atom stereocenters. The molecule has 10 aromatic rings. The Morgan fingerprint density at radius 3 is 1.75 bits per heavy atom. The van der Waals surface area contributed by atoms with Gasteiger partial charge in [-0.2, -0.15) is 0 Å². The Morgan fingerprint density at radius 2 is 0.983 bits per heavy atom. The second-order valence-electron chi connectivity index (χ2n) is 15.5. The molecule has 0 saturated heterocycles. The first-order valence-corrected chi connectivity index (χ1v) is 23.7. The normalized spacial score (nSPS) is 14.7. The van der Waals surface area contributed by atoms with E-state index in [1.807, 2.05) is 23.1 Å². The first kappa shape index (κ1) is 34.6. The van der Waals surface area contributed by atoms with Crippen molar-refractivity contribution in [1.29, 1.82) is 0 Å². The smallest absolute Gasteiger partial charge is 0.133 e. The number of para-hydroxylation sites is 1. The highest BCUT2D eigenvalue weighted by Crippen LogP contribution is 2.56. The summed E-state index contributed by atoms with van der Waals surface area (Å²) in [6, 6.07) is 82.0. The van der Waals surface area contributed by atoms with Gasteiger partial charge in [-0.05, 0) is 98.4 Å². The maximum absolute atomic E-state index is 2.55. The van der Waals surface area contributed by atoms with E-state index >= 15 is 0 Å². The van der Waals surface area contributed by atoms with Crippen LogP contribution in [0.1, 0.15) is 22.3 Å². The van der Waals surface area contributed by atoms with E-state index in [0.717, 1.165) is 17.1 Å². The number of hydrogen-bond donors (Lipinski definition) is 0. The van der Waals surface area contributed by atoms with Crippen molar-refractivity contribution in [3.63, 3.8) is 0 Å². The molecule has 0 bridgehead atoms. The highest BCUT2D eigenvalue weighted by atomic mass is 32.2. The quantitative estimate of drug-likeness (QED) is 0.159. The summed E-state index contributed by atoms with van der Waals surface area (Å²) >= 11 is 3.79. The zero-order valence-corrected chi connectivity index (χ0v) is 34.9. The van der Waals surface area contributed by atoms with E-state index in [9.17, 15) is 0 Å². The maximum atomic E-state index is 2.55. The predicted octanol–water partition coefficient (Wildman–Crippen LogP) is 12.6. The van der Waals surface area contributed by atoms with Crippen LogP contribution in [0.15, 0.2) is 228 Å². The number of hydrogen-bond acceptors (Lipinski definition) is 3. The summed E-state index contributed by atoms with van der Waals surface area (Å²) in [5, 5.41) is 7.08. The average Bonchev–Trinajstić information content (AvgIpc) is 3.69. The molecule has 0 radical (unpaired) electrons. The first-order chi connectivity index (χ1) is 29.3. The number of thiophene rings is 1. The topological polar surface area (TPSA) is 3.24 Å². The van der Waals surface area contributed by atoms with Gasteiger partial charge in [-0.15, -0.1) is 11.3 Å². The minimum atomic E-state index is -1.90. The Balaban J connectivity index is 1.10. The first-order valence-electron chi connectivity index (χ1n) is 20.3. The van der Waals surface area contributed by atoms with Gasteiger partial charge in [0, 0.05) is 47.0 Å². The summed E-state index contributed by atoms with van der Waals surface area (Å²) in [6.07, 6.45) is 0. The Morgan fingerprint density at radius 1 is 0.407 bits per heavy atom. The number of nitrogens with zero attached hydrogens (tertiary/aromatic N) is 1. The molecule has 0 aliphatic carbocycles. The van der Waals surface area contributed by atoms with Gasteiger partial charge >= 0.3 is 0 Å². The molecular weight excluding hydrogens is 767 g/mol. The second-order valence-corrected chi connectivity index (χ2v) is 20.5. The monoisotopic (exact) mass is 803 g/mol. The lowest BCUT2D eigenvalue weighted by atomic mass is 9.64. The molecule has 1 aromatic heterocycles. The molecule has 0 amide bonds. The highest BCUT2D eigenvalue weighted by molar-refractivity contribution is 7.99. The molecule has 0 saturated carbocycles. The van der Waals surface area contributed by atoms with Crippen molar-refractivity contribution >= 4 is 84.7 Å². The van der Waals surface area contributed by atoms with Gasteiger partial charge in [-0.1, -0.05) is 181 Å². The molecule has 0 N–H and O–H groups in total. The van der Waals surface area contributed by atoms with E-state index in [4.69, 9.17) is 0 Å². The van der Waals surface area contributed by atoms with Crippen molar-refractivity contribution in [3.05, 3.63) is 241 Å². The molecule has 1 spiro atoms. The summed E-state index contributed by atoms with van der Waals surface area (Å²) in [5.74, 6) is 0. The van der Waals surface area contributed by atoms with E-state index in [0.29, 0.717) is 0 Å². The van der Waals surface area contributed by atoms with Crippen molar-refractivity contribution in [2.24, 2.45) is 0 Å². The Hall–Kier alpha value is -6.43. The fraction of sp³-hybridized carbons (Fsp3) is 0.0182. The lowest BCUT2D eigenvalue weighted by Gasteiger charge is -2.48. The predicted molar refractivity (Wildman–Crippen MR) is 254 cm³/mol. The van der Waals surface area contributed by atoms with Crippen molar-refractivity contribution in [3.8, 4) is 11.1 Å². The third kappa shape index (κ3) is 5.30. The van der Waals surface area contributed by atoms with Crippen LogP contribution >= 0.6 is 23.1 Å². The second kappa shape index (κ2) is 13.9. The zero-order valence-electron chi connectivity index (χ0n) is 32.1. The molecule has 4 heteroatoms. The summed E-state index contributed by atoms with van der Waals surface area (Å²) in [4.78, 5) is 5.09. The molecule has 12 rings (SSSR count). The lowest BCUT2D eigenvalue weighted by molar-refractivity contribution is 0.708. The summed E-state index contributed by atoms with van der Waals surface area (Å²) in [5.41, 5.74) is 11.0. The third-order valence-corrected chi connectivity index (χ3v) is 18.2. The van der Waals surface area contributed by atoms with E-state index in [-0.39, 0.29) is 0 Å². The van der Waals surface area contributed by atoms with Crippen LogP contribution in [0.3, 0.4) is 0 Å². The summed E-state index contributed by atoms with van der Waals surface area (Å²) < 4.78 is 2.67. The molecule has 2 aliphatic heterocycles. The van der Waals surface area contributed by atoms with E-state index in [1.54, 1.807) is 0 Å². The third-order valence-electron chi connectivity index (χ3n) is 12.5. The molecule has 3 heterocycles. The molecule has 1 nitrogen and oxygen atoms in total. The molecular formula is C55H37NS2Si. The molecule has 1 atom stereocenters. The van der Waals surface area contributed by atoms with Crippen LogP contribution in [0.25, 0.3) is 31.3 Å². The van der Waals surface area contributed by atoms with Crippen LogP contribution in [-0.4, -0.2) is 8.80 Å². The molecule has 278 valence electrons. The van der Waals surface area contributed by atoms with Crippen molar-refractivity contribution < 1.29 is 0 Å². The van der Waals surface area contributed by atoms with Gasteiger partial charge in [0.15, 0.2) is 0 Å². The van der Waals surface area contributed by atoms with Crippen LogP contribution in [-0.2, 0) is 5.41 Å². The maximum Gasteiger partial charge on any atom is 0.133 e. The van der Waals surface area contributed by atoms with Crippen LogP contribution in [0.4, 0.5) is 17.1 Å². The highest BCUT2D eigenvalue weighted by Gasteiger charge is 2.51. The number of anilines is 3. The molecule has 9 aromatic carbocycles. The molecule has 0 fully saturated rings. The Labute approximate surface area is 354 Å². The standard InChI is InChI=1S/C55H37NS2Si/c1-3-16-38(17-4-1)56(39-32-30-37(31-33-39)42-21-15-22-44-43-20-7-11-26-49(43)58-54(42)44)40-34-35-53-48(36-40)55(45-23-8-12-27-50(45)57-51-28-13-9-24-46(51)55)47-25-10-14-29-52(47)59(53)41-18-5-2-6-19-41/h1-36,59H. The Kier molecular flexibility index (Phi) is 8.12. The van der Waals surface area contributed by atoms with Crippen molar-refractivity contribution in [1.82, 2.24) is 0 Å². The number of benzene rings is 9. The van der Waals surface area contributed by atoms with Crippen molar-refractivity contribution in [2.45, 2.75) is 15.2 Å². The van der Waals surface area contributed by atoms with Gasteiger partial charge in [0.05, 0.1) is 5.41 Å². The van der Waals surface area contributed by atoms with Gasteiger partial charge in [-0.25, -0.2) is 0 Å². The Bertz CT molecular complexity index is 3160. The summed E-state index contributed by atoms with van der Waals surface area (Å²) in [6.45, 7) is 0. The average molecular weight is 804 g/mol. The number of fused-ring (bicyclic) bond motifs is 11. The minimum absolute atomic E-state index is 0.492. The van der Waals surface area contributed by atoms with E-state index < -0.39 is 14.2 Å². The van der Waals surface area contributed by atoms with E-state index in [2.05, 4.69) is 223 Å². The van der Waals surface area contributed by atoms with Gasteiger partial charge in [0.2, 0.25) is 0 Å². The fourth-order valence-corrected chi connectivity index (χ4v) is 15.9. The van der Waals surface area contributed by atoms with Gasteiger partial charge in [0.1, 0.15) is 8.80 Å². The lowest BCUT2D eigenvalue weighted by Crippen LogP contribution is -2.62. The van der Waals surface area contributed by atoms with Crippen molar-refractivity contribution in [2.75, 3.05) is 4.90 Å². The zero-order chi connectivity index (χ0) is 38.9. The van der Waals surface area contributed by atoms with Gasteiger partial charge in [-0.3, -0.25) is 0 Å². The fourth-order valence-electron chi connectivity index (χ4n) is 10.0. The van der Waals surface area contributed by atoms with Crippen LogP contribution in [0.2, 0.25) is 0 Å². The molecule has 59 heavy (non-hydrogen) atoms. The largest absolute Gasteiger partial charge is 0.310 e. The van der Waals surface area contributed by atoms with Gasteiger partial charge in [0.25, 0.3) is 0 Å². The number of rotatable bonds is 5. The molecule has 2 aliphatic rings. The van der Waals surface area contributed by atoms with Crippen LogP contribution < -0.4 is 20.5 Å². The van der Waals surface area contributed by atoms with E-state index in [1.165, 1.54) is 78.9 Å². The SMILES string of the molecule is c1ccc(N(c2ccc(-c3cccc4c3sc3ccccc34)cc2)c2ccc3c(c2)C2(c4ccccc4Sc4ccccc42)c2ccccc2[SiH]3c2ccccc2)cc1.